The molecule has 0 aliphatic carbocycles. The first kappa shape index (κ1) is 35.5. The minimum Gasteiger partial charge on any atom is -0.455 e. The first-order chi connectivity index (χ1) is 32.0. The van der Waals surface area contributed by atoms with Gasteiger partial charge in [-0.05, 0) is 92.7 Å². The maximum absolute atomic E-state index is 9.00. The molecule has 65 heavy (non-hydrogen) atoms. The molecule has 5 aromatic heterocycles. The Bertz CT molecular complexity index is 4250. The van der Waals surface area contributed by atoms with Crippen molar-refractivity contribution in [2.75, 3.05) is 0 Å². The van der Waals surface area contributed by atoms with Crippen LogP contribution in [-0.2, 0) is 0 Å². The zero-order valence-corrected chi connectivity index (χ0v) is 35.1. The molecule has 0 saturated heterocycles. The van der Waals surface area contributed by atoms with E-state index in [1.165, 1.54) is 0 Å². The molecule has 0 bridgehead atoms. The van der Waals surface area contributed by atoms with Gasteiger partial charge in [0, 0.05) is 43.1 Å². The van der Waals surface area contributed by atoms with Crippen molar-refractivity contribution in [3.8, 4) is 17.1 Å². The van der Waals surface area contributed by atoms with E-state index < -0.39 is 0 Å². The summed E-state index contributed by atoms with van der Waals surface area (Å²) in [5.74, 6) is 0. The lowest BCUT2D eigenvalue weighted by Crippen LogP contribution is -2.10. The quantitative estimate of drug-likeness (QED) is 0.167. The van der Waals surface area contributed by atoms with E-state index in [2.05, 4.69) is 159 Å². The number of fused-ring (bicyclic) bond motifs is 17. The number of rotatable bonds is 3. The number of para-hydroxylation sites is 4. The fourth-order valence-electron chi connectivity index (χ4n) is 10.9. The van der Waals surface area contributed by atoms with Gasteiger partial charge in [0.1, 0.15) is 22.3 Å². The molecule has 0 amide bonds. The van der Waals surface area contributed by atoms with Gasteiger partial charge in [0.05, 0.1) is 74.1 Å². The van der Waals surface area contributed by atoms with Crippen LogP contribution >= 0.6 is 0 Å². The summed E-state index contributed by atoms with van der Waals surface area (Å²) in [6.07, 6.45) is 0. The highest BCUT2D eigenvalue weighted by molar-refractivity contribution is 6.26. The Labute approximate surface area is 370 Å². The molecule has 0 aliphatic rings. The fourth-order valence-corrected chi connectivity index (χ4v) is 10.9. The molecule has 0 atom stereocenters. The maximum atomic E-state index is 9.00. The smallest absolute Gasteiger partial charge is 0.202 e. The number of aryl methyl sites for hydroxylation is 2. The van der Waals surface area contributed by atoms with Crippen LogP contribution in [0.5, 0.6) is 0 Å². The predicted octanol–water partition coefficient (Wildman–Crippen LogP) is 16.5. The molecule has 14 aromatic rings. The van der Waals surface area contributed by atoms with E-state index in [9.17, 15) is 0 Å². The summed E-state index contributed by atoms with van der Waals surface area (Å²) < 4.78 is 20.3. The van der Waals surface area contributed by atoms with E-state index in [-0.39, 0.29) is 0 Å². The van der Waals surface area contributed by atoms with Crippen molar-refractivity contribution in [1.82, 2.24) is 13.7 Å². The van der Waals surface area contributed by atoms with Gasteiger partial charge in [0.2, 0.25) is 11.4 Å². The van der Waals surface area contributed by atoms with Crippen LogP contribution in [-0.4, -0.2) is 13.7 Å². The minimum absolute atomic E-state index is 0.358. The standard InChI is InChI=1S/C58H33N5O2/c1-32-21-25-46-40(29-32)41-30-33(2)22-26-47(41)61(46)56-54(62-44-17-9-5-15-38(44)52-48(62)27-23-36-34-13-7-11-19-50(34)64-57(36)52)42(59-3)31-43(60-4)55(56)63-45-18-10-6-16-39(45)53-49(63)28-24-37-35-14-8-12-20-51(35)65-58(37)53/h5-31H,1-2H3. The van der Waals surface area contributed by atoms with Gasteiger partial charge in [-0.2, -0.15) is 0 Å². The lowest BCUT2D eigenvalue weighted by Gasteiger charge is -2.24. The number of nitrogens with zero attached hydrogens (tertiary/aromatic N) is 5. The lowest BCUT2D eigenvalue weighted by atomic mass is 10.1. The van der Waals surface area contributed by atoms with E-state index in [0.717, 1.165) is 126 Å². The van der Waals surface area contributed by atoms with Crippen molar-refractivity contribution in [3.63, 3.8) is 0 Å². The molecule has 9 aromatic carbocycles. The van der Waals surface area contributed by atoms with Gasteiger partial charge in [-0.15, -0.1) is 0 Å². The second-order valence-corrected chi connectivity index (χ2v) is 17.1. The zero-order valence-electron chi connectivity index (χ0n) is 35.1. The zero-order chi connectivity index (χ0) is 43.2. The second kappa shape index (κ2) is 12.8. The minimum atomic E-state index is 0.358. The molecule has 0 N–H and O–H groups in total. The van der Waals surface area contributed by atoms with Gasteiger partial charge in [-0.3, -0.25) is 0 Å². The molecule has 0 saturated carbocycles. The molecular weight excluding hydrogens is 799 g/mol. The Morgan fingerprint density at radius 2 is 0.738 bits per heavy atom. The van der Waals surface area contributed by atoms with Crippen LogP contribution in [0.3, 0.4) is 0 Å². The summed E-state index contributed by atoms with van der Waals surface area (Å²) in [5.41, 5.74) is 13.8. The van der Waals surface area contributed by atoms with E-state index >= 15 is 0 Å². The van der Waals surface area contributed by atoms with Crippen LogP contribution in [0.4, 0.5) is 11.4 Å². The van der Waals surface area contributed by atoms with Crippen LogP contribution in [0.1, 0.15) is 11.1 Å². The van der Waals surface area contributed by atoms with Gasteiger partial charge in [0.25, 0.3) is 0 Å². The van der Waals surface area contributed by atoms with Crippen LogP contribution in [0.2, 0.25) is 0 Å². The molecule has 0 unspecified atom stereocenters. The Morgan fingerprint density at radius 1 is 0.354 bits per heavy atom. The first-order valence-electron chi connectivity index (χ1n) is 21.7. The van der Waals surface area contributed by atoms with Crippen LogP contribution in [0, 0.1) is 27.0 Å². The topological polar surface area (TPSA) is 49.8 Å². The largest absolute Gasteiger partial charge is 0.455 e. The molecule has 0 radical (unpaired) electrons. The van der Waals surface area contributed by atoms with E-state index in [4.69, 9.17) is 22.0 Å². The summed E-state index contributed by atoms with van der Waals surface area (Å²) in [7, 11) is 0. The van der Waals surface area contributed by atoms with Crippen LogP contribution in [0.15, 0.2) is 173 Å². The SMILES string of the molecule is [C-]#[N+]c1cc([N+]#[C-])c(-n2c3ccccc3c3c4oc5ccccc5c4ccc32)c(-n2c3ccc(C)cc3c3cc(C)ccc32)c1-n1c2ccccc2c2c3oc4ccccc4c3ccc21. The lowest BCUT2D eigenvalue weighted by molar-refractivity contribution is 0.672. The summed E-state index contributed by atoms with van der Waals surface area (Å²) in [5, 5.41) is 10.3. The molecule has 7 heteroatoms. The van der Waals surface area contributed by atoms with Crippen molar-refractivity contribution in [1.29, 1.82) is 0 Å². The normalized spacial score (nSPS) is 12.1. The Balaban J connectivity index is 1.25. The Morgan fingerprint density at radius 3 is 1.20 bits per heavy atom. The van der Waals surface area contributed by atoms with Gasteiger partial charge >= 0.3 is 0 Å². The number of benzene rings is 9. The second-order valence-electron chi connectivity index (χ2n) is 17.1. The molecule has 7 nitrogen and oxygen atoms in total. The van der Waals surface area contributed by atoms with E-state index in [0.29, 0.717) is 22.7 Å². The van der Waals surface area contributed by atoms with Gasteiger partial charge in [-0.1, -0.05) is 96.1 Å². The molecule has 302 valence electrons. The first-order valence-corrected chi connectivity index (χ1v) is 21.7. The van der Waals surface area contributed by atoms with Crippen molar-refractivity contribution in [3.05, 3.63) is 198 Å². The number of hydrogen-bond acceptors (Lipinski definition) is 2. The third-order valence-corrected chi connectivity index (χ3v) is 13.6. The van der Waals surface area contributed by atoms with E-state index in [1.54, 1.807) is 6.07 Å². The molecule has 0 aliphatic heterocycles. The van der Waals surface area contributed by atoms with Crippen LogP contribution in [0.25, 0.3) is 136 Å². The molecule has 0 fully saturated rings. The highest BCUT2D eigenvalue weighted by Gasteiger charge is 2.31. The third-order valence-electron chi connectivity index (χ3n) is 13.6. The fraction of sp³-hybridized carbons (Fsp3) is 0.0345. The van der Waals surface area contributed by atoms with Crippen molar-refractivity contribution < 1.29 is 8.83 Å². The average Bonchev–Trinajstić information content (AvgIpc) is 4.14. The van der Waals surface area contributed by atoms with Crippen molar-refractivity contribution in [2.45, 2.75) is 13.8 Å². The average molecular weight is 832 g/mol. The summed E-state index contributed by atoms with van der Waals surface area (Å²) >= 11 is 0. The van der Waals surface area contributed by atoms with Gasteiger partial charge in [0.15, 0.2) is 0 Å². The molecular formula is C58H33N5O2. The Kier molecular flexibility index (Phi) is 6.98. The summed E-state index contributed by atoms with van der Waals surface area (Å²) in [6.45, 7) is 22.2. The van der Waals surface area contributed by atoms with Crippen molar-refractivity contribution in [2.24, 2.45) is 0 Å². The van der Waals surface area contributed by atoms with Gasteiger partial charge in [-0.25, -0.2) is 9.69 Å². The van der Waals surface area contributed by atoms with Gasteiger partial charge < -0.3 is 22.5 Å². The number of aromatic nitrogens is 3. The van der Waals surface area contributed by atoms with Crippen molar-refractivity contribution >= 4 is 121 Å². The number of furan rings is 2. The van der Waals surface area contributed by atoms with Crippen LogP contribution < -0.4 is 0 Å². The molecule has 5 heterocycles. The molecule has 14 rings (SSSR count). The predicted molar refractivity (Wildman–Crippen MR) is 266 cm³/mol. The summed E-state index contributed by atoms with van der Waals surface area (Å²) in [6, 6.07) is 56.7. The third kappa shape index (κ3) is 4.61. The maximum Gasteiger partial charge on any atom is 0.202 e. The monoisotopic (exact) mass is 831 g/mol. The highest BCUT2D eigenvalue weighted by atomic mass is 16.3. The summed E-state index contributed by atoms with van der Waals surface area (Å²) in [4.78, 5) is 8.68. The van der Waals surface area contributed by atoms with E-state index in [1.807, 2.05) is 36.4 Å². The molecule has 0 spiro atoms. The highest BCUT2D eigenvalue weighted by Crippen LogP contribution is 2.51. The Hall–Kier alpha value is -9.04. The number of hydrogen-bond donors (Lipinski definition) is 0.